The molecular weight excluding hydrogens is 415 g/mol. The van der Waals surface area contributed by atoms with Gasteiger partial charge in [-0.3, -0.25) is 4.79 Å². The van der Waals surface area contributed by atoms with Crippen LogP contribution >= 0.6 is 23.1 Å². The number of thioether (sulfide) groups is 1. The molecule has 10 heteroatoms. The molecule has 2 aromatic heterocycles. The van der Waals surface area contributed by atoms with Crippen LogP contribution in [0.15, 0.2) is 52.1 Å². The number of anilines is 1. The van der Waals surface area contributed by atoms with Gasteiger partial charge in [-0.1, -0.05) is 29.2 Å². The highest BCUT2D eigenvalue weighted by Gasteiger charge is 2.13. The minimum Gasteiger partial charge on any atom is -0.494 e. The highest BCUT2D eigenvalue weighted by Crippen LogP contribution is 2.30. The third-order valence-electron chi connectivity index (χ3n) is 3.72. The summed E-state index contributed by atoms with van der Waals surface area (Å²) in [6, 6.07) is 11.5. The van der Waals surface area contributed by atoms with Crippen LogP contribution in [0.5, 0.6) is 5.75 Å². The van der Waals surface area contributed by atoms with Crippen molar-refractivity contribution >= 4 is 44.4 Å². The van der Waals surface area contributed by atoms with E-state index in [1.54, 1.807) is 12.1 Å². The van der Waals surface area contributed by atoms with E-state index in [1.165, 1.54) is 23.5 Å². The number of ether oxygens (including phenoxy) is 1. The molecule has 0 unspecified atom stereocenters. The Balaban J connectivity index is 1.36. The van der Waals surface area contributed by atoms with E-state index >= 15 is 0 Å². The summed E-state index contributed by atoms with van der Waals surface area (Å²) in [7, 11) is 0. The lowest BCUT2D eigenvalue weighted by molar-refractivity contribution is -0.113. The Morgan fingerprint density at radius 3 is 3.00 bits per heavy atom. The molecule has 0 atom stereocenters. The summed E-state index contributed by atoms with van der Waals surface area (Å²) < 4.78 is 25.2. The van der Waals surface area contributed by atoms with Crippen molar-refractivity contribution in [3.05, 3.63) is 48.3 Å². The third kappa shape index (κ3) is 4.72. The number of fused-ring (bicyclic) bond motifs is 1. The van der Waals surface area contributed by atoms with Crippen LogP contribution in [0.4, 0.5) is 9.52 Å². The Bertz CT molecular complexity index is 1160. The van der Waals surface area contributed by atoms with Crippen molar-refractivity contribution in [2.75, 3.05) is 17.7 Å². The van der Waals surface area contributed by atoms with Crippen LogP contribution in [-0.2, 0) is 4.79 Å². The number of thiazole rings is 1. The molecule has 4 rings (SSSR count). The highest BCUT2D eigenvalue weighted by molar-refractivity contribution is 7.99. The van der Waals surface area contributed by atoms with E-state index in [2.05, 4.69) is 20.5 Å². The number of nitrogens with zero attached hydrogens (tertiary/aromatic N) is 3. The summed E-state index contributed by atoms with van der Waals surface area (Å²) in [4.78, 5) is 16.6. The summed E-state index contributed by atoms with van der Waals surface area (Å²) in [5, 5.41) is 11.3. The van der Waals surface area contributed by atoms with Crippen molar-refractivity contribution in [2.24, 2.45) is 0 Å². The van der Waals surface area contributed by atoms with E-state index in [-0.39, 0.29) is 22.8 Å². The second kappa shape index (κ2) is 8.58. The minimum atomic E-state index is -0.390. The van der Waals surface area contributed by atoms with Crippen LogP contribution in [-0.4, -0.2) is 33.4 Å². The smallest absolute Gasteiger partial charge is 0.277 e. The van der Waals surface area contributed by atoms with Crippen molar-refractivity contribution in [3.63, 3.8) is 0 Å². The molecule has 0 radical (unpaired) electrons. The van der Waals surface area contributed by atoms with E-state index in [1.807, 2.05) is 25.1 Å². The van der Waals surface area contributed by atoms with Crippen LogP contribution in [0.2, 0.25) is 0 Å². The van der Waals surface area contributed by atoms with Gasteiger partial charge in [0.2, 0.25) is 11.8 Å². The molecule has 2 heterocycles. The fraction of sp³-hybridized carbons (Fsp3) is 0.158. The fourth-order valence-corrected chi connectivity index (χ4v) is 3.98. The second-order valence-corrected chi connectivity index (χ2v) is 7.76. The van der Waals surface area contributed by atoms with Gasteiger partial charge < -0.3 is 14.5 Å². The zero-order chi connectivity index (χ0) is 20.2. The number of carbonyl (C=O) groups is 1. The van der Waals surface area contributed by atoms with Gasteiger partial charge in [0, 0.05) is 5.56 Å². The molecule has 0 saturated heterocycles. The van der Waals surface area contributed by atoms with E-state index in [4.69, 9.17) is 9.15 Å². The zero-order valence-corrected chi connectivity index (χ0v) is 16.8. The number of carbonyl (C=O) groups excluding carboxylic acids is 1. The monoisotopic (exact) mass is 430 g/mol. The number of amides is 1. The topological polar surface area (TPSA) is 90.1 Å². The number of hydrogen-bond donors (Lipinski definition) is 1. The van der Waals surface area contributed by atoms with Crippen molar-refractivity contribution in [1.29, 1.82) is 0 Å². The van der Waals surface area contributed by atoms with E-state index in [0.29, 0.717) is 17.3 Å². The Kier molecular flexibility index (Phi) is 5.72. The molecule has 29 heavy (non-hydrogen) atoms. The largest absolute Gasteiger partial charge is 0.494 e. The van der Waals surface area contributed by atoms with Gasteiger partial charge in [0.05, 0.1) is 22.6 Å². The Labute approximate surface area is 173 Å². The second-order valence-electron chi connectivity index (χ2n) is 5.80. The molecule has 0 aliphatic carbocycles. The van der Waals surface area contributed by atoms with E-state index < -0.39 is 5.82 Å². The SMILES string of the molecule is CCOc1ccc2nc(NC(=O)CSc3nnc(-c4cccc(F)c4)o3)sc2c1. The van der Waals surface area contributed by atoms with Gasteiger partial charge in [-0.25, -0.2) is 9.37 Å². The molecule has 0 aliphatic heterocycles. The van der Waals surface area contributed by atoms with Crippen LogP contribution in [0.3, 0.4) is 0 Å². The summed E-state index contributed by atoms with van der Waals surface area (Å²) in [5.41, 5.74) is 1.27. The zero-order valence-electron chi connectivity index (χ0n) is 15.2. The maximum absolute atomic E-state index is 13.3. The number of aromatic nitrogens is 3. The molecule has 0 bridgehead atoms. The molecule has 2 aromatic carbocycles. The lowest BCUT2D eigenvalue weighted by Gasteiger charge is -2.00. The molecular formula is C19H15FN4O3S2. The molecule has 1 amide bonds. The van der Waals surface area contributed by atoms with Crippen molar-refractivity contribution in [1.82, 2.24) is 15.2 Å². The number of halogens is 1. The van der Waals surface area contributed by atoms with Gasteiger partial charge in [0.15, 0.2) is 5.13 Å². The predicted molar refractivity (Wildman–Crippen MR) is 110 cm³/mol. The molecule has 148 valence electrons. The van der Waals surface area contributed by atoms with Gasteiger partial charge in [0.25, 0.3) is 5.22 Å². The number of nitrogens with one attached hydrogen (secondary N) is 1. The summed E-state index contributed by atoms with van der Waals surface area (Å²) in [6.45, 7) is 2.51. The first-order chi connectivity index (χ1) is 14.1. The molecule has 0 fully saturated rings. The number of rotatable bonds is 7. The molecule has 4 aromatic rings. The first-order valence-corrected chi connectivity index (χ1v) is 10.5. The van der Waals surface area contributed by atoms with Crippen molar-refractivity contribution in [2.45, 2.75) is 12.1 Å². The number of hydrogen-bond acceptors (Lipinski definition) is 8. The summed E-state index contributed by atoms with van der Waals surface area (Å²) in [5.74, 6) is 0.402. The number of benzene rings is 2. The summed E-state index contributed by atoms with van der Waals surface area (Å²) >= 11 is 2.46. The van der Waals surface area contributed by atoms with E-state index in [0.717, 1.165) is 27.7 Å². The molecule has 0 spiro atoms. The molecule has 0 saturated carbocycles. The predicted octanol–water partition coefficient (Wildman–Crippen LogP) is 4.61. The molecule has 7 nitrogen and oxygen atoms in total. The average Bonchev–Trinajstić information content (AvgIpc) is 3.33. The van der Waals surface area contributed by atoms with Crippen LogP contribution in [0.25, 0.3) is 21.7 Å². The fourth-order valence-electron chi connectivity index (χ4n) is 2.50. The Hall–Kier alpha value is -2.98. The lowest BCUT2D eigenvalue weighted by Crippen LogP contribution is -2.13. The lowest BCUT2D eigenvalue weighted by atomic mass is 10.2. The van der Waals surface area contributed by atoms with Crippen LogP contribution in [0, 0.1) is 5.82 Å². The summed E-state index contributed by atoms with van der Waals surface area (Å²) in [6.07, 6.45) is 0. The van der Waals surface area contributed by atoms with Crippen LogP contribution < -0.4 is 10.1 Å². The maximum Gasteiger partial charge on any atom is 0.277 e. The van der Waals surface area contributed by atoms with Gasteiger partial charge >= 0.3 is 0 Å². The standard InChI is InChI=1S/C19H15FN4O3S2/c1-2-26-13-6-7-14-15(9-13)29-18(21-14)22-16(25)10-28-19-24-23-17(27-19)11-4-3-5-12(20)8-11/h3-9H,2,10H2,1H3,(H,21,22,25). The van der Waals surface area contributed by atoms with Crippen molar-refractivity contribution in [3.8, 4) is 17.2 Å². The van der Waals surface area contributed by atoms with Crippen LogP contribution in [0.1, 0.15) is 6.92 Å². The third-order valence-corrected chi connectivity index (χ3v) is 5.47. The van der Waals surface area contributed by atoms with E-state index in [9.17, 15) is 9.18 Å². The Morgan fingerprint density at radius 2 is 2.17 bits per heavy atom. The minimum absolute atomic E-state index is 0.0743. The van der Waals surface area contributed by atoms with Gasteiger partial charge in [-0.05, 0) is 43.3 Å². The van der Waals surface area contributed by atoms with Gasteiger partial charge in [-0.2, -0.15) is 0 Å². The first-order valence-electron chi connectivity index (χ1n) is 8.66. The normalized spacial score (nSPS) is 11.0. The Morgan fingerprint density at radius 1 is 1.28 bits per heavy atom. The quantitative estimate of drug-likeness (QED) is 0.428. The average molecular weight is 430 g/mol. The van der Waals surface area contributed by atoms with Gasteiger partial charge in [-0.15, -0.1) is 10.2 Å². The maximum atomic E-state index is 13.3. The first kappa shape index (κ1) is 19.3. The molecule has 1 N–H and O–H groups in total. The van der Waals surface area contributed by atoms with Crippen molar-refractivity contribution < 1.29 is 18.3 Å². The van der Waals surface area contributed by atoms with Gasteiger partial charge in [0.1, 0.15) is 11.6 Å². The highest BCUT2D eigenvalue weighted by atomic mass is 32.2. The molecule has 0 aliphatic rings.